The van der Waals surface area contributed by atoms with E-state index in [-0.39, 0.29) is 0 Å². The van der Waals surface area contributed by atoms with Crippen LogP contribution in [0.5, 0.6) is 0 Å². The number of hydrogen-bond acceptors (Lipinski definition) is 5. The van der Waals surface area contributed by atoms with Gasteiger partial charge in [-0.05, 0) is 6.92 Å². The van der Waals surface area contributed by atoms with Crippen molar-refractivity contribution in [2.24, 2.45) is 0 Å². The summed E-state index contributed by atoms with van der Waals surface area (Å²) in [5, 5.41) is 13.4. The summed E-state index contributed by atoms with van der Waals surface area (Å²) in [5.74, 6) is 0.951. The number of rotatable bonds is 4. The molecule has 0 amide bonds. The Kier molecular flexibility index (Phi) is 4.19. The van der Waals surface area contributed by atoms with Gasteiger partial charge in [-0.15, -0.1) is 22.0 Å². The molecule has 1 aromatic rings. The first-order valence-corrected chi connectivity index (χ1v) is 6.51. The molecule has 0 aromatic carbocycles. The average Bonchev–Trinajstić information content (AvgIpc) is 2.49. The highest BCUT2D eigenvalue weighted by molar-refractivity contribution is 7.99. The Morgan fingerprint density at radius 2 is 2.07 bits per heavy atom. The minimum atomic E-state index is 0.296. The lowest BCUT2D eigenvalue weighted by Gasteiger charge is -2.15. The molecule has 1 aromatic heterocycles. The van der Waals surface area contributed by atoms with Crippen molar-refractivity contribution in [2.45, 2.75) is 38.2 Å². The first-order chi connectivity index (χ1) is 6.51. The Labute approximate surface area is 93.7 Å². The fraction of sp³-hybridized carbons (Fsp3) is 0.778. The van der Waals surface area contributed by atoms with Gasteiger partial charge in [-0.3, -0.25) is 0 Å². The first-order valence-electron chi connectivity index (χ1n) is 4.71. The maximum absolute atomic E-state index is 4.12. The molecule has 5 heteroatoms. The second-order valence-electron chi connectivity index (χ2n) is 3.93. The van der Waals surface area contributed by atoms with Gasteiger partial charge in [0.15, 0.2) is 0 Å². The summed E-state index contributed by atoms with van der Waals surface area (Å²) in [7, 11) is 0. The number of hydrogen-bond donors (Lipinski definition) is 1. The minimum Gasteiger partial charge on any atom is -0.360 e. The van der Waals surface area contributed by atoms with Gasteiger partial charge in [0.05, 0.1) is 0 Å². The molecular weight excluding hydrogens is 214 g/mol. The van der Waals surface area contributed by atoms with Crippen molar-refractivity contribution in [3.8, 4) is 0 Å². The van der Waals surface area contributed by atoms with Crippen molar-refractivity contribution in [2.75, 3.05) is 11.9 Å². The molecule has 14 heavy (non-hydrogen) atoms. The summed E-state index contributed by atoms with van der Waals surface area (Å²) in [4.78, 5) is 0. The topological polar surface area (TPSA) is 37.8 Å². The van der Waals surface area contributed by atoms with Crippen LogP contribution in [0.3, 0.4) is 0 Å². The third kappa shape index (κ3) is 4.28. The summed E-state index contributed by atoms with van der Waals surface area (Å²) in [6.45, 7) is 9.60. The van der Waals surface area contributed by atoms with Gasteiger partial charge >= 0.3 is 0 Å². The molecule has 0 bridgehead atoms. The van der Waals surface area contributed by atoms with Gasteiger partial charge < -0.3 is 5.32 Å². The minimum absolute atomic E-state index is 0.296. The van der Waals surface area contributed by atoms with E-state index in [4.69, 9.17) is 0 Å². The van der Waals surface area contributed by atoms with Crippen molar-refractivity contribution in [3.05, 3.63) is 5.01 Å². The molecule has 0 aliphatic heterocycles. The SMILES string of the molecule is CCNc1nnc(CSC(C)(C)C)s1. The van der Waals surface area contributed by atoms with E-state index in [1.807, 2.05) is 11.8 Å². The molecule has 0 aliphatic carbocycles. The van der Waals surface area contributed by atoms with Crippen LogP contribution in [0.25, 0.3) is 0 Å². The molecular formula is C9H17N3S2. The third-order valence-corrected chi connectivity index (χ3v) is 3.77. The van der Waals surface area contributed by atoms with Gasteiger partial charge in [-0.2, -0.15) is 0 Å². The fourth-order valence-electron chi connectivity index (χ4n) is 0.813. The summed E-state index contributed by atoms with van der Waals surface area (Å²) >= 11 is 3.54. The maximum Gasteiger partial charge on any atom is 0.205 e. The summed E-state index contributed by atoms with van der Waals surface area (Å²) in [5.41, 5.74) is 0. The van der Waals surface area contributed by atoms with Crippen LogP contribution in [0.15, 0.2) is 0 Å². The molecule has 0 aliphatic rings. The molecule has 0 radical (unpaired) electrons. The molecule has 0 atom stereocenters. The molecule has 1 N–H and O–H groups in total. The number of thioether (sulfide) groups is 1. The molecule has 1 heterocycles. The van der Waals surface area contributed by atoms with Gasteiger partial charge in [0.25, 0.3) is 0 Å². The summed E-state index contributed by atoms with van der Waals surface area (Å²) < 4.78 is 0.296. The molecule has 0 saturated carbocycles. The first kappa shape index (κ1) is 11.8. The Morgan fingerprint density at radius 1 is 1.36 bits per heavy atom. The highest BCUT2D eigenvalue weighted by Gasteiger charge is 2.12. The van der Waals surface area contributed by atoms with Crippen LogP contribution in [-0.4, -0.2) is 21.5 Å². The smallest absolute Gasteiger partial charge is 0.205 e. The van der Waals surface area contributed by atoms with E-state index < -0.39 is 0 Å². The largest absolute Gasteiger partial charge is 0.360 e. The highest BCUT2D eigenvalue weighted by Crippen LogP contribution is 2.29. The average molecular weight is 231 g/mol. The lowest BCUT2D eigenvalue weighted by molar-refractivity contribution is 0.801. The number of aromatic nitrogens is 2. The van der Waals surface area contributed by atoms with E-state index in [2.05, 4.69) is 43.2 Å². The Hall–Kier alpha value is -0.290. The van der Waals surface area contributed by atoms with Crippen molar-refractivity contribution in [1.82, 2.24) is 10.2 Å². The van der Waals surface area contributed by atoms with E-state index in [1.54, 1.807) is 11.3 Å². The third-order valence-electron chi connectivity index (χ3n) is 1.42. The van der Waals surface area contributed by atoms with Gasteiger partial charge in [0.1, 0.15) is 5.01 Å². The van der Waals surface area contributed by atoms with Crippen molar-refractivity contribution in [1.29, 1.82) is 0 Å². The molecule has 0 unspecified atom stereocenters. The molecule has 0 saturated heterocycles. The zero-order valence-electron chi connectivity index (χ0n) is 9.13. The van der Waals surface area contributed by atoms with Gasteiger partial charge in [-0.1, -0.05) is 32.1 Å². The quantitative estimate of drug-likeness (QED) is 0.864. The van der Waals surface area contributed by atoms with E-state index in [9.17, 15) is 0 Å². The molecule has 0 fully saturated rings. The highest BCUT2D eigenvalue weighted by atomic mass is 32.2. The van der Waals surface area contributed by atoms with E-state index in [0.29, 0.717) is 4.75 Å². The van der Waals surface area contributed by atoms with Crippen molar-refractivity contribution in [3.63, 3.8) is 0 Å². The van der Waals surface area contributed by atoms with E-state index in [1.165, 1.54) is 0 Å². The van der Waals surface area contributed by atoms with Crippen LogP contribution in [0.2, 0.25) is 0 Å². The normalized spacial score (nSPS) is 11.7. The molecule has 0 spiro atoms. The maximum atomic E-state index is 4.12. The van der Waals surface area contributed by atoms with E-state index in [0.717, 1.165) is 22.4 Å². The van der Waals surface area contributed by atoms with Crippen LogP contribution in [0.1, 0.15) is 32.7 Å². The van der Waals surface area contributed by atoms with Gasteiger partial charge in [0.2, 0.25) is 5.13 Å². The van der Waals surface area contributed by atoms with Gasteiger partial charge in [-0.25, -0.2) is 0 Å². The fourth-order valence-corrected chi connectivity index (χ4v) is 2.44. The number of nitrogens with zero attached hydrogens (tertiary/aromatic N) is 2. The number of anilines is 1. The van der Waals surface area contributed by atoms with Crippen molar-refractivity contribution >= 4 is 28.2 Å². The van der Waals surface area contributed by atoms with Crippen LogP contribution < -0.4 is 5.32 Å². The van der Waals surface area contributed by atoms with Crippen LogP contribution >= 0.6 is 23.1 Å². The predicted octanol–water partition coefficient (Wildman–Crippen LogP) is 3.00. The molecule has 80 valence electrons. The zero-order chi connectivity index (χ0) is 10.6. The van der Waals surface area contributed by atoms with Crippen LogP contribution in [0, 0.1) is 0 Å². The second-order valence-corrected chi connectivity index (χ2v) is 6.80. The Morgan fingerprint density at radius 3 is 2.64 bits per heavy atom. The summed E-state index contributed by atoms with van der Waals surface area (Å²) in [6, 6.07) is 0. The second kappa shape index (κ2) is 4.98. The van der Waals surface area contributed by atoms with Crippen LogP contribution in [-0.2, 0) is 5.75 Å². The summed E-state index contributed by atoms with van der Waals surface area (Å²) in [6.07, 6.45) is 0. The molecule has 3 nitrogen and oxygen atoms in total. The van der Waals surface area contributed by atoms with Crippen molar-refractivity contribution < 1.29 is 0 Å². The monoisotopic (exact) mass is 231 g/mol. The predicted molar refractivity (Wildman–Crippen MR) is 65.1 cm³/mol. The van der Waals surface area contributed by atoms with Gasteiger partial charge in [0, 0.05) is 17.0 Å². The Bertz CT molecular complexity index is 278. The molecule has 1 rings (SSSR count). The number of nitrogens with one attached hydrogen (secondary N) is 1. The Balaban J connectivity index is 2.44. The lowest BCUT2D eigenvalue weighted by Crippen LogP contribution is -2.07. The lowest BCUT2D eigenvalue weighted by atomic mass is 10.3. The van der Waals surface area contributed by atoms with Crippen LogP contribution in [0.4, 0.5) is 5.13 Å². The zero-order valence-corrected chi connectivity index (χ0v) is 10.8. The van der Waals surface area contributed by atoms with E-state index >= 15 is 0 Å². The standard InChI is InChI=1S/C9H17N3S2/c1-5-10-8-12-11-7(14-8)6-13-9(2,3)4/h5-6H2,1-4H3,(H,10,12).